The molecule has 0 aliphatic heterocycles. The molecule has 1 aromatic heterocycles. The van der Waals surface area contributed by atoms with Crippen LogP contribution in [0.2, 0.25) is 0 Å². The molecule has 0 aliphatic carbocycles. The Morgan fingerprint density at radius 3 is 2.94 bits per heavy atom. The van der Waals surface area contributed by atoms with Crippen molar-refractivity contribution < 1.29 is 0 Å². The third-order valence-electron chi connectivity index (χ3n) is 3.20. The summed E-state index contributed by atoms with van der Waals surface area (Å²) < 4.78 is 0. The van der Waals surface area contributed by atoms with Gasteiger partial charge in [0.2, 0.25) is 0 Å². The number of hydrogen-bond acceptors (Lipinski definition) is 3. The second kappa shape index (κ2) is 6.76. The van der Waals surface area contributed by atoms with Crippen molar-refractivity contribution in [3.8, 4) is 0 Å². The van der Waals surface area contributed by atoms with E-state index in [0.29, 0.717) is 0 Å². The van der Waals surface area contributed by atoms with Crippen LogP contribution in [0.5, 0.6) is 0 Å². The van der Waals surface area contributed by atoms with E-state index < -0.39 is 0 Å². The number of nitrogens with one attached hydrogen (secondary N) is 1. The normalized spacial score (nSPS) is 12.8. The molecule has 2 nitrogen and oxygen atoms in total. The Balaban J connectivity index is 1.95. The topological polar surface area (TPSA) is 24.9 Å². The molecule has 0 amide bonds. The number of aromatic nitrogens is 1. The van der Waals surface area contributed by atoms with E-state index in [4.69, 9.17) is 0 Å². The molecule has 0 spiro atoms. The van der Waals surface area contributed by atoms with E-state index >= 15 is 0 Å². The van der Waals surface area contributed by atoms with Gasteiger partial charge in [0.05, 0.1) is 0 Å². The summed E-state index contributed by atoms with van der Waals surface area (Å²) in [5.41, 5.74) is 1.28. The zero-order valence-corrected chi connectivity index (χ0v) is 11.8. The van der Waals surface area contributed by atoms with E-state index in [1.165, 1.54) is 22.8 Å². The van der Waals surface area contributed by atoms with Crippen LogP contribution in [0.1, 0.15) is 18.9 Å². The van der Waals surface area contributed by atoms with Crippen molar-refractivity contribution in [2.75, 3.05) is 12.8 Å². The lowest BCUT2D eigenvalue weighted by Crippen LogP contribution is -2.17. The minimum absolute atomic E-state index is 0.725. The second-order valence-corrected chi connectivity index (χ2v) is 5.81. The van der Waals surface area contributed by atoms with Gasteiger partial charge in [0.25, 0.3) is 0 Å². The summed E-state index contributed by atoms with van der Waals surface area (Å²) in [6.07, 6.45) is 7.26. The Labute approximate surface area is 113 Å². The molecule has 1 aromatic carbocycles. The number of rotatable bonds is 6. The number of nitrogens with zero attached hydrogens (tertiary/aromatic N) is 1. The highest BCUT2D eigenvalue weighted by Gasteiger charge is 2.02. The fourth-order valence-electron chi connectivity index (χ4n) is 1.97. The Morgan fingerprint density at radius 1 is 1.28 bits per heavy atom. The fourth-order valence-corrected chi connectivity index (χ4v) is 2.32. The van der Waals surface area contributed by atoms with Gasteiger partial charge in [0.15, 0.2) is 0 Å². The summed E-state index contributed by atoms with van der Waals surface area (Å²) in [7, 11) is 0. The molecule has 1 unspecified atom stereocenters. The van der Waals surface area contributed by atoms with Gasteiger partial charge in [-0.2, -0.15) is 11.8 Å². The maximum absolute atomic E-state index is 4.30. The first-order valence-electron chi connectivity index (χ1n) is 6.36. The van der Waals surface area contributed by atoms with Crippen LogP contribution in [0.15, 0.2) is 36.7 Å². The molecule has 0 saturated heterocycles. The van der Waals surface area contributed by atoms with Crippen LogP contribution >= 0.6 is 11.8 Å². The smallest absolute Gasteiger partial charge is 0.0346 e. The van der Waals surface area contributed by atoms with Gasteiger partial charge in [-0.25, -0.2) is 0 Å². The predicted octanol–water partition coefficient (Wildman–Crippen LogP) is 3.47. The lowest BCUT2D eigenvalue weighted by molar-refractivity contribution is 0.649. The van der Waals surface area contributed by atoms with Gasteiger partial charge >= 0.3 is 0 Å². The third kappa shape index (κ3) is 3.47. The molecule has 1 N–H and O–H groups in total. The lowest BCUT2D eigenvalue weighted by atomic mass is 10.1. The first-order valence-corrected chi connectivity index (χ1v) is 7.65. The SMILES string of the molecule is CSC(C)CCNCc1cncc2ccccc12. The summed E-state index contributed by atoms with van der Waals surface area (Å²) in [6.45, 7) is 4.23. The van der Waals surface area contributed by atoms with Gasteiger partial charge in [0, 0.05) is 29.6 Å². The van der Waals surface area contributed by atoms with E-state index in [1.54, 1.807) is 0 Å². The Morgan fingerprint density at radius 2 is 2.11 bits per heavy atom. The standard InChI is InChI=1S/C15H20N2S/c1-12(18-2)7-8-16-10-14-11-17-9-13-5-3-4-6-15(13)14/h3-6,9,11-12,16H,7-8,10H2,1-2H3. The molecular formula is C15H20N2S. The van der Waals surface area contributed by atoms with Crippen molar-refractivity contribution in [1.82, 2.24) is 10.3 Å². The molecule has 0 bridgehead atoms. The quantitative estimate of drug-likeness (QED) is 0.805. The molecular weight excluding hydrogens is 240 g/mol. The van der Waals surface area contributed by atoms with Gasteiger partial charge in [0.1, 0.15) is 0 Å². The molecule has 2 aromatic rings. The summed E-state index contributed by atoms with van der Waals surface area (Å²) in [4.78, 5) is 4.30. The first-order chi connectivity index (χ1) is 8.81. The minimum Gasteiger partial charge on any atom is -0.313 e. The second-order valence-electron chi connectivity index (χ2n) is 4.53. The molecule has 18 heavy (non-hydrogen) atoms. The van der Waals surface area contributed by atoms with E-state index in [9.17, 15) is 0 Å². The monoisotopic (exact) mass is 260 g/mol. The Kier molecular flexibility index (Phi) is 5.02. The summed E-state index contributed by atoms with van der Waals surface area (Å²) in [5.74, 6) is 0. The van der Waals surface area contributed by atoms with E-state index in [1.807, 2.05) is 24.2 Å². The summed E-state index contributed by atoms with van der Waals surface area (Å²) >= 11 is 1.92. The average molecular weight is 260 g/mol. The highest BCUT2D eigenvalue weighted by molar-refractivity contribution is 7.99. The molecule has 1 atom stereocenters. The zero-order chi connectivity index (χ0) is 12.8. The minimum atomic E-state index is 0.725. The number of pyridine rings is 1. The van der Waals surface area contributed by atoms with E-state index in [0.717, 1.165) is 18.3 Å². The lowest BCUT2D eigenvalue weighted by Gasteiger charge is -2.10. The molecule has 1 heterocycles. The molecule has 2 rings (SSSR count). The largest absolute Gasteiger partial charge is 0.313 e. The van der Waals surface area contributed by atoms with Gasteiger partial charge in [-0.1, -0.05) is 31.2 Å². The Hall–Kier alpha value is -1.06. The number of benzene rings is 1. The van der Waals surface area contributed by atoms with Gasteiger partial charge in [-0.15, -0.1) is 0 Å². The molecule has 96 valence electrons. The van der Waals surface area contributed by atoms with Crippen LogP contribution < -0.4 is 5.32 Å². The zero-order valence-electron chi connectivity index (χ0n) is 11.0. The molecule has 3 heteroatoms. The van der Waals surface area contributed by atoms with Crippen molar-refractivity contribution in [2.24, 2.45) is 0 Å². The summed E-state index contributed by atoms with van der Waals surface area (Å²) in [6, 6.07) is 8.42. The van der Waals surface area contributed by atoms with Gasteiger partial charge in [-0.05, 0) is 30.2 Å². The number of fused-ring (bicyclic) bond motifs is 1. The summed E-state index contributed by atoms with van der Waals surface area (Å²) in [5, 5.41) is 6.75. The predicted molar refractivity (Wildman–Crippen MR) is 81.0 cm³/mol. The van der Waals surface area contributed by atoms with Gasteiger partial charge < -0.3 is 5.32 Å². The van der Waals surface area contributed by atoms with Crippen LogP contribution in [-0.4, -0.2) is 23.0 Å². The molecule has 0 aliphatic rings. The maximum atomic E-state index is 4.30. The van der Waals surface area contributed by atoms with Crippen LogP contribution in [0.3, 0.4) is 0 Å². The maximum Gasteiger partial charge on any atom is 0.0346 e. The average Bonchev–Trinajstić information content (AvgIpc) is 2.43. The molecule has 0 saturated carbocycles. The van der Waals surface area contributed by atoms with Crippen LogP contribution in [0.4, 0.5) is 0 Å². The van der Waals surface area contributed by atoms with Crippen molar-refractivity contribution in [2.45, 2.75) is 25.1 Å². The molecule has 0 fully saturated rings. The van der Waals surface area contributed by atoms with E-state index in [2.05, 4.69) is 47.7 Å². The van der Waals surface area contributed by atoms with Crippen LogP contribution in [-0.2, 0) is 6.54 Å². The third-order valence-corrected chi connectivity index (χ3v) is 4.24. The van der Waals surface area contributed by atoms with Crippen molar-refractivity contribution in [3.05, 3.63) is 42.2 Å². The molecule has 0 radical (unpaired) electrons. The highest BCUT2D eigenvalue weighted by atomic mass is 32.2. The first kappa shape index (κ1) is 13.4. The van der Waals surface area contributed by atoms with Crippen LogP contribution in [0.25, 0.3) is 10.8 Å². The Bertz CT molecular complexity index is 493. The van der Waals surface area contributed by atoms with E-state index in [-0.39, 0.29) is 0 Å². The van der Waals surface area contributed by atoms with Gasteiger partial charge in [-0.3, -0.25) is 4.98 Å². The highest BCUT2D eigenvalue weighted by Crippen LogP contribution is 2.16. The number of thioether (sulfide) groups is 1. The number of hydrogen-bond donors (Lipinski definition) is 1. The van der Waals surface area contributed by atoms with Crippen molar-refractivity contribution in [1.29, 1.82) is 0 Å². The van der Waals surface area contributed by atoms with Crippen LogP contribution in [0, 0.1) is 0 Å². The van der Waals surface area contributed by atoms with Crippen molar-refractivity contribution >= 4 is 22.5 Å². The van der Waals surface area contributed by atoms with Crippen molar-refractivity contribution in [3.63, 3.8) is 0 Å². The fraction of sp³-hybridized carbons (Fsp3) is 0.400.